The van der Waals surface area contributed by atoms with E-state index in [1.54, 1.807) is 0 Å². The van der Waals surface area contributed by atoms with E-state index in [1.165, 1.54) is 48.8 Å². The molecule has 1 aromatic carbocycles. The van der Waals surface area contributed by atoms with Gasteiger partial charge in [0.1, 0.15) is 12.4 Å². The smallest absolute Gasteiger partial charge is 0.126 e. The maximum atomic E-state index is 9.12. The number of hydrogen-bond acceptors (Lipinski definition) is 2. The standard InChI is InChI=1S/C20H32O2/c1-14(2)18-12-17(16-8-6-5-7-9-16)13-19(15(3)4)20(18)22-11-10-21/h12-16,21H,5-11H2,1-4H3. The number of rotatable bonds is 6. The van der Waals surface area contributed by atoms with Gasteiger partial charge in [0.25, 0.3) is 0 Å². The zero-order chi connectivity index (χ0) is 16.1. The Bertz CT molecular complexity index is 442. The molecule has 1 aromatic rings. The first-order valence-electron chi connectivity index (χ1n) is 8.96. The van der Waals surface area contributed by atoms with Crippen LogP contribution < -0.4 is 4.74 Å². The lowest BCUT2D eigenvalue weighted by Crippen LogP contribution is -2.11. The van der Waals surface area contributed by atoms with Crippen molar-refractivity contribution in [2.75, 3.05) is 13.2 Å². The van der Waals surface area contributed by atoms with Crippen molar-refractivity contribution in [3.05, 3.63) is 28.8 Å². The Morgan fingerprint density at radius 2 is 1.55 bits per heavy atom. The summed E-state index contributed by atoms with van der Waals surface area (Å²) in [6.07, 6.45) is 6.77. The van der Waals surface area contributed by atoms with E-state index in [1.807, 2.05) is 0 Å². The van der Waals surface area contributed by atoms with E-state index in [4.69, 9.17) is 9.84 Å². The summed E-state index contributed by atoms with van der Waals surface area (Å²) in [5.41, 5.74) is 4.11. The van der Waals surface area contributed by atoms with E-state index in [9.17, 15) is 0 Å². The summed E-state index contributed by atoms with van der Waals surface area (Å²) in [7, 11) is 0. The molecule has 1 aliphatic carbocycles. The zero-order valence-electron chi connectivity index (χ0n) is 14.7. The van der Waals surface area contributed by atoms with Crippen molar-refractivity contribution in [2.45, 2.75) is 77.6 Å². The number of aliphatic hydroxyl groups excluding tert-OH is 1. The number of hydrogen-bond donors (Lipinski definition) is 1. The van der Waals surface area contributed by atoms with E-state index in [2.05, 4.69) is 39.8 Å². The number of benzene rings is 1. The lowest BCUT2D eigenvalue weighted by Gasteiger charge is -2.27. The first-order valence-corrected chi connectivity index (χ1v) is 8.96. The van der Waals surface area contributed by atoms with Gasteiger partial charge in [0.2, 0.25) is 0 Å². The predicted octanol–water partition coefficient (Wildman–Crippen LogP) is 5.35. The van der Waals surface area contributed by atoms with Crippen molar-refractivity contribution < 1.29 is 9.84 Å². The minimum absolute atomic E-state index is 0.0689. The van der Waals surface area contributed by atoms with Crippen LogP contribution in [-0.4, -0.2) is 18.3 Å². The lowest BCUT2D eigenvalue weighted by atomic mass is 9.80. The summed E-state index contributed by atoms with van der Waals surface area (Å²) in [5.74, 6) is 2.61. The summed E-state index contributed by atoms with van der Waals surface area (Å²) < 4.78 is 5.93. The molecule has 1 aliphatic rings. The van der Waals surface area contributed by atoms with Crippen LogP contribution in [0.4, 0.5) is 0 Å². The second-order valence-electron chi connectivity index (χ2n) is 7.24. The van der Waals surface area contributed by atoms with E-state index in [0.29, 0.717) is 18.4 Å². The zero-order valence-corrected chi connectivity index (χ0v) is 14.7. The first-order chi connectivity index (χ1) is 10.5. The van der Waals surface area contributed by atoms with Gasteiger partial charge < -0.3 is 9.84 Å². The molecule has 2 heteroatoms. The fourth-order valence-corrected chi connectivity index (χ4v) is 3.54. The molecule has 0 amide bonds. The Hall–Kier alpha value is -1.02. The maximum absolute atomic E-state index is 9.12. The highest BCUT2D eigenvalue weighted by Crippen LogP contribution is 2.41. The van der Waals surface area contributed by atoms with Crippen LogP contribution >= 0.6 is 0 Å². The Morgan fingerprint density at radius 1 is 1.00 bits per heavy atom. The largest absolute Gasteiger partial charge is 0.491 e. The molecule has 0 aromatic heterocycles. The monoisotopic (exact) mass is 304 g/mol. The second-order valence-corrected chi connectivity index (χ2v) is 7.24. The minimum Gasteiger partial charge on any atom is -0.491 e. The molecule has 124 valence electrons. The molecule has 0 unspecified atom stereocenters. The first kappa shape index (κ1) is 17.3. The van der Waals surface area contributed by atoms with Gasteiger partial charge in [-0.15, -0.1) is 0 Å². The third-order valence-electron chi connectivity index (χ3n) is 4.83. The van der Waals surface area contributed by atoms with Crippen LogP contribution in [-0.2, 0) is 0 Å². The Labute approximate surface area is 135 Å². The molecule has 1 N–H and O–H groups in total. The van der Waals surface area contributed by atoms with E-state index >= 15 is 0 Å². The summed E-state index contributed by atoms with van der Waals surface area (Å²) in [6.45, 7) is 9.37. The minimum atomic E-state index is 0.0689. The van der Waals surface area contributed by atoms with Gasteiger partial charge in [0, 0.05) is 0 Å². The van der Waals surface area contributed by atoms with Gasteiger partial charge in [-0.3, -0.25) is 0 Å². The van der Waals surface area contributed by atoms with E-state index in [-0.39, 0.29) is 6.61 Å². The third kappa shape index (κ3) is 4.04. The van der Waals surface area contributed by atoms with E-state index in [0.717, 1.165) is 11.7 Å². The predicted molar refractivity (Wildman–Crippen MR) is 93.0 cm³/mol. The molecule has 0 saturated heterocycles. The van der Waals surface area contributed by atoms with Crippen LogP contribution in [0.3, 0.4) is 0 Å². The van der Waals surface area contributed by atoms with Crippen LogP contribution in [0.1, 0.15) is 94.2 Å². The van der Waals surface area contributed by atoms with Gasteiger partial charge in [-0.05, 0) is 47.3 Å². The average Bonchev–Trinajstić information content (AvgIpc) is 2.52. The summed E-state index contributed by atoms with van der Waals surface area (Å²) in [5, 5.41) is 9.12. The van der Waals surface area contributed by atoms with Crippen LogP contribution in [0.2, 0.25) is 0 Å². The second kappa shape index (κ2) is 8.01. The molecule has 0 bridgehead atoms. The van der Waals surface area contributed by atoms with Crippen LogP contribution in [0.5, 0.6) is 5.75 Å². The quantitative estimate of drug-likeness (QED) is 0.767. The Kier molecular flexibility index (Phi) is 6.31. The lowest BCUT2D eigenvalue weighted by molar-refractivity contribution is 0.198. The van der Waals surface area contributed by atoms with Crippen molar-refractivity contribution in [2.24, 2.45) is 0 Å². The van der Waals surface area contributed by atoms with Gasteiger partial charge in [0.15, 0.2) is 0 Å². The highest BCUT2D eigenvalue weighted by atomic mass is 16.5. The molecule has 0 heterocycles. The summed E-state index contributed by atoms with van der Waals surface area (Å²) in [6, 6.07) is 4.75. The normalized spacial score (nSPS) is 16.5. The van der Waals surface area contributed by atoms with Crippen molar-refractivity contribution >= 4 is 0 Å². The van der Waals surface area contributed by atoms with Crippen molar-refractivity contribution in [3.63, 3.8) is 0 Å². The van der Waals surface area contributed by atoms with Gasteiger partial charge >= 0.3 is 0 Å². The number of aliphatic hydroxyl groups is 1. The molecular weight excluding hydrogens is 272 g/mol. The molecule has 0 spiro atoms. The van der Waals surface area contributed by atoms with Crippen molar-refractivity contribution in [1.29, 1.82) is 0 Å². The molecule has 1 fully saturated rings. The number of ether oxygens (including phenoxy) is 1. The third-order valence-corrected chi connectivity index (χ3v) is 4.83. The molecule has 2 rings (SSSR count). The van der Waals surface area contributed by atoms with Crippen LogP contribution in [0.15, 0.2) is 12.1 Å². The Balaban J connectivity index is 2.44. The summed E-state index contributed by atoms with van der Waals surface area (Å²) in [4.78, 5) is 0. The maximum Gasteiger partial charge on any atom is 0.126 e. The summed E-state index contributed by atoms with van der Waals surface area (Å²) >= 11 is 0. The van der Waals surface area contributed by atoms with Gasteiger partial charge in [-0.1, -0.05) is 59.1 Å². The topological polar surface area (TPSA) is 29.5 Å². The van der Waals surface area contributed by atoms with Crippen LogP contribution in [0.25, 0.3) is 0 Å². The molecule has 0 radical (unpaired) electrons. The SMILES string of the molecule is CC(C)c1cc(C2CCCCC2)cc(C(C)C)c1OCCO. The molecular formula is C20H32O2. The van der Waals surface area contributed by atoms with Gasteiger partial charge in [-0.25, -0.2) is 0 Å². The van der Waals surface area contributed by atoms with Crippen molar-refractivity contribution in [3.8, 4) is 5.75 Å². The average molecular weight is 304 g/mol. The van der Waals surface area contributed by atoms with Gasteiger partial charge in [-0.2, -0.15) is 0 Å². The Morgan fingerprint density at radius 3 is 2.00 bits per heavy atom. The fraction of sp³-hybridized carbons (Fsp3) is 0.700. The molecule has 0 aliphatic heterocycles. The van der Waals surface area contributed by atoms with Crippen LogP contribution in [0, 0.1) is 0 Å². The highest BCUT2D eigenvalue weighted by Gasteiger charge is 2.22. The molecule has 1 saturated carbocycles. The fourth-order valence-electron chi connectivity index (χ4n) is 3.54. The van der Waals surface area contributed by atoms with E-state index < -0.39 is 0 Å². The molecule has 2 nitrogen and oxygen atoms in total. The van der Waals surface area contributed by atoms with Crippen molar-refractivity contribution in [1.82, 2.24) is 0 Å². The highest BCUT2D eigenvalue weighted by molar-refractivity contribution is 5.48. The molecule has 0 atom stereocenters. The van der Waals surface area contributed by atoms with Gasteiger partial charge in [0.05, 0.1) is 6.61 Å². The molecule has 22 heavy (non-hydrogen) atoms.